The number of carbonyl (C=O) groups is 1. The van der Waals surface area contributed by atoms with E-state index in [2.05, 4.69) is 20.3 Å². The number of aromatic amines is 1. The van der Waals surface area contributed by atoms with Crippen LogP contribution in [0.4, 0.5) is 4.39 Å². The van der Waals surface area contributed by atoms with Gasteiger partial charge in [0.2, 0.25) is 0 Å². The summed E-state index contributed by atoms with van der Waals surface area (Å²) >= 11 is 0. The van der Waals surface area contributed by atoms with Gasteiger partial charge in [-0.25, -0.2) is 9.37 Å². The second kappa shape index (κ2) is 8.74. The Hall–Kier alpha value is -3.81. The number of nitrogens with zero attached hydrogens (tertiary/aromatic N) is 5. The van der Waals surface area contributed by atoms with E-state index < -0.39 is 0 Å². The second-order valence-corrected chi connectivity index (χ2v) is 8.00. The summed E-state index contributed by atoms with van der Waals surface area (Å²) in [6, 6.07) is 15.7. The van der Waals surface area contributed by atoms with E-state index in [9.17, 15) is 9.18 Å². The van der Waals surface area contributed by atoms with Gasteiger partial charge >= 0.3 is 0 Å². The van der Waals surface area contributed by atoms with E-state index in [1.54, 1.807) is 18.3 Å². The number of hydrogen-bond donors (Lipinski definition) is 1. The standard InChI is InChI=1S/C24H23FN6O/c25-20-9-7-17(8-10-20)15-22-27-23(29-28-22)21-6-2-13-31(21)24(32)19-5-1-4-18(14-19)16-30-12-3-11-26-30/h1,3-5,7-12,14,21H,2,6,13,15-16H2,(H,27,28,29)/t21-/m0/s1. The molecule has 0 aliphatic carbocycles. The van der Waals surface area contributed by atoms with Gasteiger partial charge in [-0.1, -0.05) is 24.3 Å². The van der Waals surface area contributed by atoms with Gasteiger partial charge in [0, 0.05) is 30.9 Å². The van der Waals surface area contributed by atoms with Crippen LogP contribution in [0.2, 0.25) is 0 Å². The fourth-order valence-corrected chi connectivity index (χ4v) is 4.16. The summed E-state index contributed by atoms with van der Waals surface area (Å²) in [5.41, 5.74) is 2.63. The third-order valence-corrected chi connectivity index (χ3v) is 5.72. The van der Waals surface area contributed by atoms with Crippen LogP contribution in [0, 0.1) is 5.82 Å². The number of hydrogen-bond acceptors (Lipinski definition) is 4. The van der Waals surface area contributed by atoms with Gasteiger partial charge in [-0.3, -0.25) is 14.6 Å². The maximum Gasteiger partial charge on any atom is 0.254 e. The Kier molecular flexibility index (Phi) is 5.49. The van der Waals surface area contributed by atoms with Gasteiger partial charge in [0.1, 0.15) is 11.6 Å². The zero-order valence-electron chi connectivity index (χ0n) is 17.5. The molecular formula is C24H23FN6O. The molecule has 0 radical (unpaired) electrons. The smallest absolute Gasteiger partial charge is 0.254 e. The van der Waals surface area contributed by atoms with E-state index in [1.807, 2.05) is 46.1 Å². The maximum atomic E-state index is 13.3. The van der Waals surface area contributed by atoms with E-state index in [-0.39, 0.29) is 17.8 Å². The normalized spacial score (nSPS) is 15.9. The average Bonchev–Trinajstić information content (AvgIpc) is 3.57. The zero-order chi connectivity index (χ0) is 21.9. The molecule has 2 aromatic heterocycles. The summed E-state index contributed by atoms with van der Waals surface area (Å²) in [4.78, 5) is 19.8. The van der Waals surface area contributed by atoms with Crippen LogP contribution < -0.4 is 0 Å². The largest absolute Gasteiger partial charge is 0.328 e. The molecule has 1 saturated heterocycles. The minimum Gasteiger partial charge on any atom is -0.328 e. The van der Waals surface area contributed by atoms with Crippen molar-refractivity contribution in [2.75, 3.05) is 6.54 Å². The lowest BCUT2D eigenvalue weighted by Gasteiger charge is -2.23. The summed E-state index contributed by atoms with van der Waals surface area (Å²) in [6.45, 7) is 1.29. The van der Waals surface area contributed by atoms with Gasteiger partial charge in [0.05, 0.1) is 12.6 Å². The first-order valence-electron chi connectivity index (χ1n) is 10.7. The van der Waals surface area contributed by atoms with Gasteiger partial charge in [0.25, 0.3) is 5.91 Å². The Balaban J connectivity index is 1.31. The maximum absolute atomic E-state index is 13.3. The minimum atomic E-state index is -0.263. The zero-order valence-corrected chi connectivity index (χ0v) is 17.5. The summed E-state index contributed by atoms with van der Waals surface area (Å²) < 4.78 is 15.0. The van der Waals surface area contributed by atoms with Crippen molar-refractivity contribution in [1.82, 2.24) is 29.9 Å². The Morgan fingerprint density at radius 1 is 1.12 bits per heavy atom. The van der Waals surface area contributed by atoms with Gasteiger partial charge in [-0.2, -0.15) is 10.2 Å². The van der Waals surface area contributed by atoms with E-state index >= 15 is 0 Å². The summed E-state index contributed by atoms with van der Waals surface area (Å²) in [7, 11) is 0. The number of likely N-dealkylation sites (tertiary alicyclic amines) is 1. The lowest BCUT2D eigenvalue weighted by molar-refractivity contribution is 0.0730. The summed E-state index contributed by atoms with van der Waals surface area (Å²) in [6.07, 6.45) is 5.91. The third kappa shape index (κ3) is 4.30. The predicted molar refractivity (Wildman–Crippen MR) is 116 cm³/mol. The summed E-state index contributed by atoms with van der Waals surface area (Å²) in [5.74, 6) is 1.05. The van der Waals surface area contributed by atoms with Crippen LogP contribution in [-0.4, -0.2) is 42.3 Å². The Morgan fingerprint density at radius 2 is 2.00 bits per heavy atom. The molecule has 5 rings (SSSR count). The van der Waals surface area contributed by atoms with E-state index in [0.717, 1.165) is 24.0 Å². The lowest BCUT2D eigenvalue weighted by atomic mass is 10.1. The molecule has 3 heterocycles. The molecule has 7 nitrogen and oxygen atoms in total. The number of rotatable bonds is 6. The van der Waals surface area contributed by atoms with Crippen molar-refractivity contribution in [2.24, 2.45) is 0 Å². The molecule has 8 heteroatoms. The summed E-state index contributed by atoms with van der Waals surface area (Å²) in [5, 5.41) is 11.6. The van der Waals surface area contributed by atoms with Crippen molar-refractivity contribution in [2.45, 2.75) is 31.8 Å². The average molecular weight is 430 g/mol. The number of H-pyrrole nitrogens is 1. The first-order valence-corrected chi connectivity index (χ1v) is 10.7. The Bertz CT molecular complexity index is 1200. The van der Waals surface area contributed by atoms with Crippen molar-refractivity contribution < 1.29 is 9.18 Å². The van der Waals surface area contributed by atoms with Crippen molar-refractivity contribution >= 4 is 5.91 Å². The molecule has 4 aromatic rings. The Morgan fingerprint density at radius 3 is 2.81 bits per heavy atom. The molecule has 0 spiro atoms. The molecule has 0 saturated carbocycles. The lowest BCUT2D eigenvalue weighted by Crippen LogP contribution is -2.31. The van der Waals surface area contributed by atoms with Crippen LogP contribution in [0.1, 0.15) is 52.0 Å². The highest BCUT2D eigenvalue weighted by molar-refractivity contribution is 5.94. The van der Waals surface area contributed by atoms with Gasteiger partial charge in [0.15, 0.2) is 5.82 Å². The van der Waals surface area contributed by atoms with Crippen molar-refractivity contribution in [3.8, 4) is 0 Å². The highest BCUT2D eigenvalue weighted by atomic mass is 19.1. The molecule has 1 aliphatic rings. The molecule has 1 N–H and O–H groups in total. The second-order valence-electron chi connectivity index (χ2n) is 8.00. The number of benzene rings is 2. The minimum absolute atomic E-state index is 0.0142. The molecule has 1 amide bonds. The van der Waals surface area contributed by atoms with E-state index in [1.165, 1.54) is 12.1 Å². The number of amides is 1. The fraction of sp³-hybridized carbons (Fsp3) is 0.250. The molecule has 2 aromatic carbocycles. The molecule has 32 heavy (non-hydrogen) atoms. The molecule has 0 bridgehead atoms. The molecule has 1 atom stereocenters. The number of halogens is 1. The first-order chi connectivity index (χ1) is 15.7. The Labute approximate surface area is 184 Å². The van der Waals surface area contributed by atoms with Crippen LogP contribution in [-0.2, 0) is 13.0 Å². The SMILES string of the molecule is O=C(c1cccc(Cn2cccn2)c1)N1CCC[C@H]1c1n[nH]c(Cc2ccc(F)cc2)n1. The van der Waals surface area contributed by atoms with Crippen LogP contribution in [0.3, 0.4) is 0 Å². The van der Waals surface area contributed by atoms with Crippen molar-refractivity contribution in [1.29, 1.82) is 0 Å². The number of aromatic nitrogens is 5. The van der Waals surface area contributed by atoms with Gasteiger partial charge in [-0.15, -0.1) is 0 Å². The first kappa shape index (κ1) is 20.1. The number of nitrogens with one attached hydrogen (secondary N) is 1. The molecule has 1 aliphatic heterocycles. The van der Waals surface area contributed by atoms with Crippen LogP contribution in [0.15, 0.2) is 67.0 Å². The van der Waals surface area contributed by atoms with Gasteiger partial charge in [-0.05, 0) is 54.3 Å². The highest BCUT2D eigenvalue weighted by Gasteiger charge is 2.33. The predicted octanol–water partition coefficient (Wildman–Crippen LogP) is 3.76. The molecule has 0 unspecified atom stereocenters. The topological polar surface area (TPSA) is 79.7 Å². The van der Waals surface area contributed by atoms with E-state index in [0.29, 0.717) is 36.7 Å². The molecule has 1 fully saturated rings. The fourth-order valence-electron chi connectivity index (χ4n) is 4.16. The quantitative estimate of drug-likeness (QED) is 0.505. The van der Waals surface area contributed by atoms with Crippen LogP contribution in [0.5, 0.6) is 0 Å². The van der Waals surface area contributed by atoms with Crippen molar-refractivity contribution in [3.63, 3.8) is 0 Å². The van der Waals surface area contributed by atoms with Crippen molar-refractivity contribution in [3.05, 3.63) is 101 Å². The monoisotopic (exact) mass is 430 g/mol. The van der Waals surface area contributed by atoms with Crippen LogP contribution in [0.25, 0.3) is 0 Å². The molecular weight excluding hydrogens is 407 g/mol. The van der Waals surface area contributed by atoms with Crippen LogP contribution >= 0.6 is 0 Å². The van der Waals surface area contributed by atoms with Gasteiger partial charge < -0.3 is 4.90 Å². The number of carbonyl (C=O) groups excluding carboxylic acids is 1. The molecule has 162 valence electrons. The third-order valence-electron chi connectivity index (χ3n) is 5.72. The highest BCUT2D eigenvalue weighted by Crippen LogP contribution is 2.31. The van der Waals surface area contributed by atoms with E-state index in [4.69, 9.17) is 0 Å².